The molecule has 1 saturated heterocycles. The molecule has 0 spiro atoms. The zero-order valence-corrected chi connectivity index (χ0v) is 16.2. The molecule has 4 rings (SSSR count). The molecule has 1 atom stereocenters. The first-order valence-corrected chi connectivity index (χ1v) is 9.93. The molecule has 1 N–H and O–H groups in total. The van der Waals surface area contributed by atoms with E-state index < -0.39 is 5.41 Å². The topological polar surface area (TPSA) is 58.6 Å². The van der Waals surface area contributed by atoms with Crippen molar-refractivity contribution < 1.29 is 14.3 Å². The van der Waals surface area contributed by atoms with Crippen LogP contribution in [0.1, 0.15) is 37.7 Å². The Kier molecular flexibility index (Phi) is 5.07. The fraction of sp³-hybridized carbons (Fsp3) is 0.391. The molecule has 0 radical (unpaired) electrons. The summed E-state index contributed by atoms with van der Waals surface area (Å²) >= 11 is 0. The standard InChI is InChI=1S/C23H26N2O3/c1-28-20-11-9-19(10-12-20)25-16-18(15-21(25)26)24-22(27)23(13-5-6-14-23)17-7-3-2-4-8-17/h2-4,7-12,18H,5-6,13-16H2,1H3,(H,24,27). The number of rotatable bonds is 5. The number of benzene rings is 2. The number of hydrogen-bond acceptors (Lipinski definition) is 3. The van der Waals surface area contributed by atoms with Gasteiger partial charge >= 0.3 is 0 Å². The van der Waals surface area contributed by atoms with Crippen LogP contribution in [0.5, 0.6) is 5.75 Å². The average Bonchev–Trinajstić information content (AvgIpc) is 3.36. The van der Waals surface area contributed by atoms with Gasteiger partial charge < -0.3 is 15.0 Å². The summed E-state index contributed by atoms with van der Waals surface area (Å²) in [5, 5.41) is 3.19. The van der Waals surface area contributed by atoms with Crippen LogP contribution in [-0.4, -0.2) is 31.5 Å². The van der Waals surface area contributed by atoms with Gasteiger partial charge in [-0.3, -0.25) is 9.59 Å². The molecule has 0 bridgehead atoms. The first kappa shape index (κ1) is 18.5. The fourth-order valence-corrected chi connectivity index (χ4v) is 4.52. The van der Waals surface area contributed by atoms with Gasteiger partial charge in [0.1, 0.15) is 5.75 Å². The van der Waals surface area contributed by atoms with Crippen LogP contribution in [0.3, 0.4) is 0 Å². The van der Waals surface area contributed by atoms with Gasteiger partial charge in [0.2, 0.25) is 11.8 Å². The molecule has 2 amide bonds. The predicted octanol–water partition coefficient (Wildman–Crippen LogP) is 3.43. The maximum Gasteiger partial charge on any atom is 0.230 e. The van der Waals surface area contributed by atoms with Gasteiger partial charge in [0, 0.05) is 18.7 Å². The van der Waals surface area contributed by atoms with Crippen molar-refractivity contribution in [2.24, 2.45) is 0 Å². The molecule has 1 heterocycles. The molecular formula is C23H26N2O3. The zero-order valence-electron chi connectivity index (χ0n) is 16.2. The maximum atomic E-state index is 13.3. The number of carbonyl (C=O) groups excluding carboxylic acids is 2. The van der Waals surface area contributed by atoms with Crippen molar-refractivity contribution in [2.45, 2.75) is 43.6 Å². The molecule has 1 unspecified atom stereocenters. The second-order valence-corrected chi connectivity index (χ2v) is 7.73. The molecule has 1 aliphatic heterocycles. The summed E-state index contributed by atoms with van der Waals surface area (Å²) < 4.78 is 5.18. The Bertz CT molecular complexity index is 842. The SMILES string of the molecule is COc1ccc(N2CC(NC(=O)C3(c4ccccc4)CCCC3)CC2=O)cc1. The van der Waals surface area contributed by atoms with Crippen molar-refractivity contribution in [3.63, 3.8) is 0 Å². The summed E-state index contributed by atoms with van der Waals surface area (Å²) in [5.74, 6) is 0.854. The van der Waals surface area contributed by atoms with Gasteiger partial charge in [0.15, 0.2) is 0 Å². The van der Waals surface area contributed by atoms with Crippen LogP contribution in [0.15, 0.2) is 54.6 Å². The Labute approximate surface area is 165 Å². The van der Waals surface area contributed by atoms with Gasteiger partial charge in [-0.2, -0.15) is 0 Å². The Hall–Kier alpha value is -2.82. The van der Waals surface area contributed by atoms with Gasteiger partial charge in [-0.05, 0) is 42.7 Å². The molecule has 5 heteroatoms. The summed E-state index contributed by atoms with van der Waals surface area (Å²) in [7, 11) is 1.62. The number of nitrogens with one attached hydrogen (secondary N) is 1. The number of hydrogen-bond donors (Lipinski definition) is 1. The molecule has 2 aromatic rings. The molecule has 2 aromatic carbocycles. The quantitative estimate of drug-likeness (QED) is 0.867. The second kappa shape index (κ2) is 7.66. The first-order chi connectivity index (χ1) is 13.6. The number of amides is 2. The zero-order chi connectivity index (χ0) is 19.6. The van der Waals surface area contributed by atoms with Crippen LogP contribution in [0.2, 0.25) is 0 Å². The molecule has 1 saturated carbocycles. The lowest BCUT2D eigenvalue weighted by atomic mass is 9.78. The van der Waals surface area contributed by atoms with Crippen LogP contribution in [0.4, 0.5) is 5.69 Å². The van der Waals surface area contributed by atoms with Crippen molar-refractivity contribution in [3.05, 3.63) is 60.2 Å². The van der Waals surface area contributed by atoms with E-state index in [0.717, 1.165) is 42.7 Å². The van der Waals surface area contributed by atoms with Crippen molar-refractivity contribution in [2.75, 3.05) is 18.6 Å². The van der Waals surface area contributed by atoms with Crippen LogP contribution in [-0.2, 0) is 15.0 Å². The summed E-state index contributed by atoms with van der Waals surface area (Å²) in [6, 6.07) is 17.3. The van der Waals surface area contributed by atoms with E-state index >= 15 is 0 Å². The number of methoxy groups -OCH3 is 1. The lowest BCUT2D eigenvalue weighted by molar-refractivity contribution is -0.127. The number of carbonyl (C=O) groups is 2. The number of nitrogens with zero attached hydrogens (tertiary/aromatic N) is 1. The Balaban J connectivity index is 1.48. The minimum absolute atomic E-state index is 0.0376. The highest BCUT2D eigenvalue weighted by atomic mass is 16.5. The van der Waals surface area contributed by atoms with E-state index in [-0.39, 0.29) is 17.9 Å². The Morgan fingerprint density at radius 3 is 2.39 bits per heavy atom. The van der Waals surface area contributed by atoms with E-state index in [1.54, 1.807) is 12.0 Å². The van der Waals surface area contributed by atoms with E-state index in [1.807, 2.05) is 54.6 Å². The third-order valence-corrected chi connectivity index (χ3v) is 6.06. The largest absolute Gasteiger partial charge is 0.497 e. The van der Waals surface area contributed by atoms with E-state index in [0.29, 0.717) is 13.0 Å². The molecule has 5 nitrogen and oxygen atoms in total. The van der Waals surface area contributed by atoms with E-state index in [4.69, 9.17) is 4.74 Å². The van der Waals surface area contributed by atoms with Crippen molar-refractivity contribution in [3.8, 4) is 5.75 Å². The highest BCUT2D eigenvalue weighted by Crippen LogP contribution is 2.41. The lowest BCUT2D eigenvalue weighted by Gasteiger charge is -2.30. The van der Waals surface area contributed by atoms with Crippen molar-refractivity contribution >= 4 is 17.5 Å². The maximum absolute atomic E-state index is 13.3. The molecule has 0 aromatic heterocycles. The summed E-state index contributed by atoms with van der Waals surface area (Å²) in [5.41, 5.74) is 1.46. The van der Waals surface area contributed by atoms with Crippen LogP contribution < -0.4 is 15.0 Å². The van der Waals surface area contributed by atoms with Crippen LogP contribution in [0, 0.1) is 0 Å². The lowest BCUT2D eigenvalue weighted by Crippen LogP contribution is -2.47. The second-order valence-electron chi connectivity index (χ2n) is 7.73. The molecule has 28 heavy (non-hydrogen) atoms. The minimum atomic E-state index is -0.460. The highest BCUT2D eigenvalue weighted by Gasteiger charge is 2.44. The summed E-state index contributed by atoms with van der Waals surface area (Å²) in [4.78, 5) is 27.6. The molecular weight excluding hydrogens is 352 g/mol. The van der Waals surface area contributed by atoms with Gasteiger partial charge in [-0.15, -0.1) is 0 Å². The van der Waals surface area contributed by atoms with Crippen LogP contribution in [0.25, 0.3) is 0 Å². The van der Waals surface area contributed by atoms with Crippen molar-refractivity contribution in [1.82, 2.24) is 5.32 Å². The number of ether oxygens (including phenoxy) is 1. The van der Waals surface area contributed by atoms with Crippen LogP contribution >= 0.6 is 0 Å². The van der Waals surface area contributed by atoms with E-state index in [1.165, 1.54) is 0 Å². The normalized spacial score (nSPS) is 21.0. The van der Waals surface area contributed by atoms with Gasteiger partial charge in [-0.1, -0.05) is 43.2 Å². The summed E-state index contributed by atoms with van der Waals surface area (Å²) in [6.07, 6.45) is 4.19. The predicted molar refractivity (Wildman–Crippen MR) is 108 cm³/mol. The molecule has 2 fully saturated rings. The first-order valence-electron chi connectivity index (χ1n) is 9.93. The highest BCUT2D eigenvalue weighted by molar-refractivity contribution is 5.97. The molecule has 1 aliphatic carbocycles. The summed E-state index contributed by atoms with van der Waals surface area (Å²) in [6.45, 7) is 0.502. The third kappa shape index (κ3) is 3.37. The van der Waals surface area contributed by atoms with Gasteiger partial charge in [-0.25, -0.2) is 0 Å². The van der Waals surface area contributed by atoms with E-state index in [9.17, 15) is 9.59 Å². The fourth-order valence-electron chi connectivity index (χ4n) is 4.52. The average molecular weight is 378 g/mol. The Morgan fingerprint density at radius 1 is 1.07 bits per heavy atom. The Morgan fingerprint density at radius 2 is 1.75 bits per heavy atom. The van der Waals surface area contributed by atoms with E-state index in [2.05, 4.69) is 5.32 Å². The third-order valence-electron chi connectivity index (χ3n) is 6.06. The van der Waals surface area contributed by atoms with Gasteiger partial charge in [0.05, 0.1) is 18.6 Å². The van der Waals surface area contributed by atoms with Crippen molar-refractivity contribution in [1.29, 1.82) is 0 Å². The number of anilines is 1. The molecule has 2 aliphatic rings. The molecule has 146 valence electrons. The minimum Gasteiger partial charge on any atom is -0.497 e. The monoisotopic (exact) mass is 378 g/mol. The van der Waals surface area contributed by atoms with Gasteiger partial charge in [0.25, 0.3) is 0 Å². The smallest absolute Gasteiger partial charge is 0.230 e.